The minimum Gasteiger partial charge on any atom is -0.398 e. The van der Waals surface area contributed by atoms with Gasteiger partial charge in [0, 0.05) is 15.7 Å². The number of fused-ring (bicyclic) bond motifs is 1. The highest BCUT2D eigenvalue weighted by atomic mass is 79.9. The average Bonchev–Trinajstić information content (AvgIpc) is 2.38. The quantitative estimate of drug-likeness (QED) is 0.638. The Bertz CT molecular complexity index is 719. The molecule has 3 aromatic rings. The van der Waals surface area contributed by atoms with E-state index in [-0.39, 0.29) is 0 Å². The molecule has 18 heavy (non-hydrogen) atoms. The molecular formula is C16H12BrN. The molecule has 0 aliphatic rings. The van der Waals surface area contributed by atoms with Crippen LogP contribution in [0.1, 0.15) is 0 Å². The fraction of sp³-hybridized carbons (Fsp3) is 0. The van der Waals surface area contributed by atoms with Crippen LogP contribution < -0.4 is 5.73 Å². The molecule has 0 spiro atoms. The van der Waals surface area contributed by atoms with E-state index in [9.17, 15) is 0 Å². The third-order valence-corrected chi connectivity index (χ3v) is 3.57. The Kier molecular flexibility index (Phi) is 2.80. The van der Waals surface area contributed by atoms with E-state index in [2.05, 4.69) is 58.4 Å². The number of nitrogen functional groups attached to an aromatic ring is 1. The van der Waals surface area contributed by atoms with Gasteiger partial charge in [0.2, 0.25) is 0 Å². The molecule has 0 heterocycles. The second-order valence-corrected chi connectivity index (χ2v) is 5.21. The Morgan fingerprint density at radius 2 is 1.56 bits per heavy atom. The number of rotatable bonds is 1. The van der Waals surface area contributed by atoms with Crippen molar-refractivity contribution in [3.05, 3.63) is 65.1 Å². The average molecular weight is 298 g/mol. The molecule has 0 radical (unpaired) electrons. The molecule has 0 aliphatic heterocycles. The molecule has 0 amide bonds. The van der Waals surface area contributed by atoms with Crippen molar-refractivity contribution >= 4 is 32.4 Å². The van der Waals surface area contributed by atoms with Gasteiger partial charge in [-0.1, -0.05) is 58.4 Å². The molecule has 0 saturated carbocycles. The SMILES string of the molecule is Nc1cc(Br)ccc1-c1ccc2ccccc2c1. The Morgan fingerprint density at radius 1 is 0.778 bits per heavy atom. The summed E-state index contributed by atoms with van der Waals surface area (Å²) >= 11 is 3.43. The summed E-state index contributed by atoms with van der Waals surface area (Å²) < 4.78 is 1.00. The standard InChI is InChI=1S/C16H12BrN/c17-14-7-8-15(16(18)10-14)13-6-5-11-3-1-2-4-12(11)9-13/h1-10H,18H2. The van der Waals surface area contributed by atoms with Gasteiger partial charge >= 0.3 is 0 Å². The Balaban J connectivity index is 2.19. The monoisotopic (exact) mass is 297 g/mol. The summed E-state index contributed by atoms with van der Waals surface area (Å²) in [6, 6.07) is 20.8. The van der Waals surface area contributed by atoms with Gasteiger partial charge in [0.05, 0.1) is 0 Å². The molecule has 0 saturated heterocycles. The van der Waals surface area contributed by atoms with Crippen LogP contribution in [0.25, 0.3) is 21.9 Å². The molecule has 0 unspecified atom stereocenters. The summed E-state index contributed by atoms with van der Waals surface area (Å²) in [7, 11) is 0. The highest BCUT2D eigenvalue weighted by Crippen LogP contribution is 2.30. The van der Waals surface area contributed by atoms with Crippen LogP contribution in [0.15, 0.2) is 65.1 Å². The second kappa shape index (κ2) is 4.46. The molecule has 88 valence electrons. The lowest BCUT2D eigenvalue weighted by molar-refractivity contribution is 1.60. The first-order chi connectivity index (χ1) is 8.74. The van der Waals surface area contributed by atoms with Gasteiger partial charge in [0.15, 0.2) is 0 Å². The van der Waals surface area contributed by atoms with E-state index in [1.54, 1.807) is 0 Å². The first kappa shape index (κ1) is 11.3. The van der Waals surface area contributed by atoms with Crippen LogP contribution in [-0.4, -0.2) is 0 Å². The predicted molar refractivity (Wildman–Crippen MR) is 81.5 cm³/mol. The van der Waals surface area contributed by atoms with Gasteiger partial charge in [-0.25, -0.2) is 0 Å². The minimum atomic E-state index is 0.791. The van der Waals surface area contributed by atoms with Crippen molar-refractivity contribution < 1.29 is 0 Å². The van der Waals surface area contributed by atoms with Gasteiger partial charge in [-0.05, 0) is 34.5 Å². The van der Waals surface area contributed by atoms with Gasteiger partial charge in [0.25, 0.3) is 0 Å². The molecule has 0 bridgehead atoms. The van der Waals surface area contributed by atoms with Crippen LogP contribution in [0.3, 0.4) is 0 Å². The number of hydrogen-bond donors (Lipinski definition) is 1. The zero-order valence-electron chi connectivity index (χ0n) is 9.73. The van der Waals surface area contributed by atoms with Gasteiger partial charge in [-0.2, -0.15) is 0 Å². The Hall–Kier alpha value is -1.80. The van der Waals surface area contributed by atoms with E-state index in [0.717, 1.165) is 21.3 Å². The van der Waals surface area contributed by atoms with Crippen LogP contribution in [0.4, 0.5) is 5.69 Å². The topological polar surface area (TPSA) is 26.0 Å². The van der Waals surface area contributed by atoms with Crippen LogP contribution in [-0.2, 0) is 0 Å². The summed E-state index contributed by atoms with van der Waals surface area (Å²) in [5.41, 5.74) is 9.08. The van der Waals surface area contributed by atoms with E-state index < -0.39 is 0 Å². The molecule has 3 aromatic carbocycles. The van der Waals surface area contributed by atoms with Crippen molar-refractivity contribution in [1.82, 2.24) is 0 Å². The highest BCUT2D eigenvalue weighted by molar-refractivity contribution is 9.10. The second-order valence-electron chi connectivity index (χ2n) is 4.29. The van der Waals surface area contributed by atoms with E-state index in [4.69, 9.17) is 5.73 Å². The molecular weight excluding hydrogens is 286 g/mol. The zero-order chi connectivity index (χ0) is 12.5. The van der Waals surface area contributed by atoms with E-state index >= 15 is 0 Å². The molecule has 3 rings (SSSR count). The highest BCUT2D eigenvalue weighted by Gasteiger charge is 2.04. The smallest absolute Gasteiger partial charge is 0.0405 e. The number of benzene rings is 3. The van der Waals surface area contributed by atoms with E-state index in [0.29, 0.717) is 0 Å². The lowest BCUT2D eigenvalue weighted by Gasteiger charge is -2.07. The first-order valence-corrected chi connectivity index (χ1v) is 6.57. The van der Waals surface area contributed by atoms with Crippen molar-refractivity contribution in [2.45, 2.75) is 0 Å². The summed E-state index contributed by atoms with van der Waals surface area (Å²) in [6.45, 7) is 0. The molecule has 0 fully saturated rings. The predicted octanol–water partition coefficient (Wildman–Crippen LogP) is 4.85. The van der Waals surface area contributed by atoms with Crippen molar-refractivity contribution in [3.63, 3.8) is 0 Å². The number of anilines is 1. The first-order valence-electron chi connectivity index (χ1n) is 5.78. The largest absolute Gasteiger partial charge is 0.398 e. The van der Waals surface area contributed by atoms with Gasteiger partial charge in [0.1, 0.15) is 0 Å². The summed E-state index contributed by atoms with van der Waals surface area (Å²) in [4.78, 5) is 0. The van der Waals surface area contributed by atoms with Crippen molar-refractivity contribution in [3.8, 4) is 11.1 Å². The van der Waals surface area contributed by atoms with Crippen LogP contribution in [0.2, 0.25) is 0 Å². The van der Waals surface area contributed by atoms with Crippen molar-refractivity contribution in [2.75, 3.05) is 5.73 Å². The third kappa shape index (κ3) is 2.00. The number of halogens is 1. The lowest BCUT2D eigenvalue weighted by atomic mass is 10.0. The molecule has 0 aromatic heterocycles. The molecule has 0 atom stereocenters. The number of nitrogens with two attached hydrogens (primary N) is 1. The summed E-state index contributed by atoms with van der Waals surface area (Å²) in [6.07, 6.45) is 0. The Morgan fingerprint density at radius 3 is 2.33 bits per heavy atom. The molecule has 0 aliphatic carbocycles. The number of hydrogen-bond acceptors (Lipinski definition) is 1. The van der Waals surface area contributed by atoms with E-state index in [1.807, 2.05) is 18.2 Å². The van der Waals surface area contributed by atoms with Crippen molar-refractivity contribution in [1.29, 1.82) is 0 Å². The molecule has 2 N–H and O–H groups in total. The summed E-state index contributed by atoms with van der Waals surface area (Å²) in [5, 5.41) is 2.48. The maximum atomic E-state index is 6.07. The lowest BCUT2D eigenvalue weighted by Crippen LogP contribution is -1.89. The third-order valence-electron chi connectivity index (χ3n) is 3.07. The van der Waals surface area contributed by atoms with Crippen LogP contribution >= 0.6 is 15.9 Å². The maximum absolute atomic E-state index is 6.07. The van der Waals surface area contributed by atoms with E-state index in [1.165, 1.54) is 10.8 Å². The van der Waals surface area contributed by atoms with Gasteiger partial charge in [-0.15, -0.1) is 0 Å². The molecule has 1 nitrogen and oxygen atoms in total. The molecule has 2 heteroatoms. The van der Waals surface area contributed by atoms with Crippen LogP contribution in [0, 0.1) is 0 Å². The van der Waals surface area contributed by atoms with Crippen LogP contribution in [0.5, 0.6) is 0 Å². The normalized spacial score (nSPS) is 10.7. The van der Waals surface area contributed by atoms with Gasteiger partial charge < -0.3 is 5.73 Å². The zero-order valence-corrected chi connectivity index (χ0v) is 11.3. The fourth-order valence-electron chi connectivity index (χ4n) is 2.15. The maximum Gasteiger partial charge on any atom is 0.0405 e. The minimum absolute atomic E-state index is 0.791. The Labute approximate surface area is 114 Å². The van der Waals surface area contributed by atoms with Crippen molar-refractivity contribution in [2.24, 2.45) is 0 Å². The fourth-order valence-corrected chi connectivity index (χ4v) is 2.53. The van der Waals surface area contributed by atoms with Gasteiger partial charge in [-0.3, -0.25) is 0 Å². The summed E-state index contributed by atoms with van der Waals surface area (Å²) in [5.74, 6) is 0.